The van der Waals surface area contributed by atoms with Gasteiger partial charge in [-0.25, -0.2) is 17.7 Å². The van der Waals surface area contributed by atoms with Gasteiger partial charge in [0.15, 0.2) is 0 Å². The molecule has 7 nitrogen and oxygen atoms in total. The maximum Gasteiger partial charge on any atom is 0.254 e. The van der Waals surface area contributed by atoms with Gasteiger partial charge in [0.2, 0.25) is 10.0 Å². The zero-order valence-corrected chi connectivity index (χ0v) is 17.0. The average molecular weight is 410 g/mol. The molecule has 0 radical (unpaired) electrons. The van der Waals surface area contributed by atoms with E-state index in [9.17, 15) is 13.2 Å². The molecule has 8 heteroatoms. The van der Waals surface area contributed by atoms with Crippen LogP contribution in [0.15, 0.2) is 54.9 Å². The highest BCUT2D eigenvalue weighted by atomic mass is 32.2. The first-order chi connectivity index (χ1) is 13.9. The molecule has 1 saturated heterocycles. The maximum absolute atomic E-state index is 13.4. The van der Waals surface area contributed by atoms with E-state index in [-0.39, 0.29) is 5.91 Å². The second kappa shape index (κ2) is 7.88. The number of fused-ring (bicyclic) bond motifs is 1. The molecule has 3 heterocycles. The van der Waals surface area contributed by atoms with Gasteiger partial charge in [-0.1, -0.05) is 18.2 Å². The number of hydrogen-bond donors (Lipinski definition) is 0. The number of nitrogens with zero attached hydrogens (tertiary/aromatic N) is 4. The molecule has 1 aromatic carbocycles. The predicted octanol–water partition coefficient (Wildman–Crippen LogP) is 2.40. The number of pyridine rings is 2. The molecule has 150 valence electrons. The van der Waals surface area contributed by atoms with E-state index in [1.54, 1.807) is 17.3 Å². The van der Waals surface area contributed by atoms with Gasteiger partial charge >= 0.3 is 0 Å². The molecule has 0 spiro atoms. The molecule has 0 unspecified atom stereocenters. The minimum atomic E-state index is -3.26. The number of rotatable bonds is 3. The van der Waals surface area contributed by atoms with Crippen LogP contribution in [0.1, 0.15) is 16.8 Å². The van der Waals surface area contributed by atoms with Crippen molar-refractivity contribution in [1.29, 1.82) is 0 Å². The van der Waals surface area contributed by atoms with Crippen LogP contribution in [0, 0.1) is 0 Å². The molecule has 0 saturated carbocycles. The molecule has 29 heavy (non-hydrogen) atoms. The molecular weight excluding hydrogens is 388 g/mol. The summed E-state index contributed by atoms with van der Waals surface area (Å²) in [7, 11) is -3.26. The first kappa shape index (κ1) is 19.5. The molecule has 2 aromatic heterocycles. The molecule has 1 aliphatic heterocycles. The summed E-state index contributed by atoms with van der Waals surface area (Å²) in [5.41, 5.74) is 2.92. The fourth-order valence-corrected chi connectivity index (χ4v) is 4.50. The van der Waals surface area contributed by atoms with Crippen LogP contribution in [0.2, 0.25) is 0 Å². The van der Waals surface area contributed by atoms with E-state index in [1.165, 1.54) is 10.6 Å². The van der Waals surface area contributed by atoms with E-state index in [0.29, 0.717) is 43.9 Å². The lowest BCUT2D eigenvalue weighted by Gasteiger charge is -2.22. The van der Waals surface area contributed by atoms with E-state index < -0.39 is 10.0 Å². The smallest absolute Gasteiger partial charge is 0.254 e. The van der Waals surface area contributed by atoms with Crippen LogP contribution >= 0.6 is 0 Å². The molecule has 1 fully saturated rings. The van der Waals surface area contributed by atoms with Crippen molar-refractivity contribution in [2.45, 2.75) is 6.42 Å². The zero-order valence-electron chi connectivity index (χ0n) is 16.2. The Morgan fingerprint density at radius 2 is 1.76 bits per heavy atom. The number of benzene rings is 1. The van der Waals surface area contributed by atoms with Crippen molar-refractivity contribution in [2.75, 3.05) is 32.4 Å². The Kier molecular flexibility index (Phi) is 5.29. The van der Waals surface area contributed by atoms with Crippen molar-refractivity contribution < 1.29 is 13.2 Å². The molecule has 0 N–H and O–H groups in total. The monoisotopic (exact) mass is 410 g/mol. The summed E-state index contributed by atoms with van der Waals surface area (Å²) in [6.07, 6.45) is 5.21. The van der Waals surface area contributed by atoms with Gasteiger partial charge in [0.25, 0.3) is 5.91 Å². The number of hydrogen-bond acceptors (Lipinski definition) is 5. The van der Waals surface area contributed by atoms with Gasteiger partial charge in [-0.15, -0.1) is 0 Å². The summed E-state index contributed by atoms with van der Waals surface area (Å²) in [6, 6.07) is 13.1. The number of sulfonamides is 1. The summed E-state index contributed by atoms with van der Waals surface area (Å²) in [6.45, 7) is 1.63. The molecule has 1 amide bonds. The van der Waals surface area contributed by atoms with Gasteiger partial charge in [-0.2, -0.15) is 0 Å². The Balaban J connectivity index is 1.72. The van der Waals surface area contributed by atoms with Crippen LogP contribution < -0.4 is 0 Å². The number of amides is 1. The minimum Gasteiger partial charge on any atom is -0.337 e. The standard InChI is InChI=1S/C21H22N4O3S/c1-29(27,28)25-12-4-11-24(13-14-25)21(26)18-15-20(16-7-9-22-10-8-16)23-19-6-3-2-5-17(18)19/h2-3,5-10,15H,4,11-14H2,1H3. The van der Waals surface area contributed by atoms with Crippen LogP contribution in [-0.4, -0.2) is 65.9 Å². The normalized spacial score (nSPS) is 16.0. The van der Waals surface area contributed by atoms with Crippen LogP contribution in [-0.2, 0) is 10.0 Å². The van der Waals surface area contributed by atoms with Crippen molar-refractivity contribution in [3.05, 3.63) is 60.4 Å². The molecular formula is C21H22N4O3S. The summed E-state index contributed by atoms with van der Waals surface area (Å²) >= 11 is 0. The van der Waals surface area contributed by atoms with Crippen molar-refractivity contribution in [2.24, 2.45) is 0 Å². The Morgan fingerprint density at radius 1 is 1.00 bits per heavy atom. The molecule has 1 aliphatic rings. The Labute approximate surface area is 170 Å². The quantitative estimate of drug-likeness (QED) is 0.662. The number of carbonyl (C=O) groups excluding carboxylic acids is 1. The van der Waals surface area contributed by atoms with Gasteiger partial charge < -0.3 is 4.90 Å². The first-order valence-corrected chi connectivity index (χ1v) is 11.3. The zero-order chi connectivity index (χ0) is 20.4. The minimum absolute atomic E-state index is 0.103. The number of para-hydroxylation sites is 1. The fraction of sp³-hybridized carbons (Fsp3) is 0.286. The summed E-state index contributed by atoms with van der Waals surface area (Å²) in [5, 5.41) is 0.791. The first-order valence-electron chi connectivity index (χ1n) is 9.48. The van der Waals surface area contributed by atoms with Crippen LogP contribution in [0.3, 0.4) is 0 Å². The van der Waals surface area contributed by atoms with E-state index in [1.807, 2.05) is 42.5 Å². The van der Waals surface area contributed by atoms with Crippen molar-refractivity contribution in [1.82, 2.24) is 19.2 Å². The maximum atomic E-state index is 13.4. The van der Waals surface area contributed by atoms with E-state index in [0.717, 1.165) is 16.5 Å². The van der Waals surface area contributed by atoms with Gasteiger partial charge in [-0.3, -0.25) is 9.78 Å². The summed E-state index contributed by atoms with van der Waals surface area (Å²) in [5.74, 6) is -0.103. The van der Waals surface area contributed by atoms with E-state index in [2.05, 4.69) is 4.98 Å². The Hall–Kier alpha value is -2.84. The largest absolute Gasteiger partial charge is 0.337 e. The molecule has 0 atom stereocenters. The lowest BCUT2D eigenvalue weighted by molar-refractivity contribution is 0.0766. The van der Waals surface area contributed by atoms with E-state index >= 15 is 0 Å². The highest BCUT2D eigenvalue weighted by Gasteiger charge is 2.25. The second-order valence-corrected chi connectivity index (χ2v) is 9.10. The predicted molar refractivity (Wildman–Crippen MR) is 112 cm³/mol. The number of carbonyl (C=O) groups is 1. The third-order valence-electron chi connectivity index (χ3n) is 5.13. The van der Waals surface area contributed by atoms with Crippen LogP contribution in [0.25, 0.3) is 22.2 Å². The summed E-state index contributed by atoms with van der Waals surface area (Å²) in [4.78, 5) is 23.9. The Bertz CT molecular complexity index is 1150. The average Bonchev–Trinajstić information content (AvgIpc) is 2.99. The third-order valence-corrected chi connectivity index (χ3v) is 6.44. The fourth-order valence-electron chi connectivity index (χ4n) is 3.62. The third kappa shape index (κ3) is 4.13. The highest BCUT2D eigenvalue weighted by molar-refractivity contribution is 7.88. The van der Waals surface area contributed by atoms with Crippen LogP contribution in [0.4, 0.5) is 0 Å². The van der Waals surface area contributed by atoms with Gasteiger partial charge in [0.1, 0.15) is 0 Å². The van der Waals surface area contributed by atoms with Gasteiger partial charge in [0.05, 0.1) is 23.0 Å². The van der Waals surface area contributed by atoms with Crippen molar-refractivity contribution >= 4 is 26.8 Å². The number of aromatic nitrogens is 2. The van der Waals surface area contributed by atoms with Crippen LogP contribution in [0.5, 0.6) is 0 Å². The van der Waals surface area contributed by atoms with Gasteiger partial charge in [-0.05, 0) is 30.7 Å². The highest BCUT2D eigenvalue weighted by Crippen LogP contribution is 2.26. The van der Waals surface area contributed by atoms with Crippen molar-refractivity contribution in [3.8, 4) is 11.3 Å². The second-order valence-electron chi connectivity index (χ2n) is 7.12. The molecule has 4 rings (SSSR count). The molecule has 0 aliphatic carbocycles. The Morgan fingerprint density at radius 3 is 2.52 bits per heavy atom. The van der Waals surface area contributed by atoms with E-state index in [4.69, 9.17) is 4.98 Å². The van der Waals surface area contributed by atoms with Gasteiger partial charge in [0, 0.05) is 49.5 Å². The lowest BCUT2D eigenvalue weighted by atomic mass is 10.0. The summed E-state index contributed by atoms with van der Waals surface area (Å²) < 4.78 is 25.2. The molecule has 0 bridgehead atoms. The van der Waals surface area contributed by atoms with Crippen molar-refractivity contribution in [3.63, 3.8) is 0 Å². The molecule has 3 aromatic rings. The topological polar surface area (TPSA) is 83.5 Å². The SMILES string of the molecule is CS(=O)(=O)N1CCCN(C(=O)c2cc(-c3ccncc3)nc3ccccc23)CC1. The lowest BCUT2D eigenvalue weighted by Crippen LogP contribution is -2.37.